The fourth-order valence-electron chi connectivity index (χ4n) is 2.21. The molecule has 0 aliphatic rings. The fraction of sp³-hybridized carbons (Fsp3) is 0.278. The summed E-state index contributed by atoms with van der Waals surface area (Å²) >= 11 is 6.02. The summed E-state index contributed by atoms with van der Waals surface area (Å²) in [5, 5.41) is 6.63. The number of carbonyl (C=O) groups is 1. The van der Waals surface area contributed by atoms with Crippen LogP contribution in [0.15, 0.2) is 42.5 Å². The number of halogens is 2. The van der Waals surface area contributed by atoms with Gasteiger partial charge in [-0.05, 0) is 49.2 Å². The molecular weight excluding hydrogens is 315 g/mol. The minimum atomic E-state index is -0.191. The van der Waals surface area contributed by atoms with Gasteiger partial charge < -0.3 is 10.6 Å². The van der Waals surface area contributed by atoms with Crippen molar-refractivity contribution in [1.82, 2.24) is 5.32 Å². The van der Waals surface area contributed by atoms with Crippen LogP contribution in [0.2, 0.25) is 5.02 Å². The molecule has 2 aromatic rings. The van der Waals surface area contributed by atoms with Crippen LogP contribution in [0.5, 0.6) is 0 Å². The second-order valence-corrected chi connectivity index (χ2v) is 5.71. The number of nitrogens with one attached hydrogen (secondary N) is 2. The predicted molar refractivity (Wildman–Crippen MR) is 92.4 cm³/mol. The summed E-state index contributed by atoms with van der Waals surface area (Å²) in [4.78, 5) is 11.9. The van der Waals surface area contributed by atoms with E-state index in [4.69, 9.17) is 11.6 Å². The number of carbonyl (C=O) groups excluding carboxylic acids is 1. The molecule has 2 N–H and O–H groups in total. The van der Waals surface area contributed by atoms with E-state index in [1.807, 2.05) is 19.1 Å². The first kappa shape index (κ1) is 17.4. The monoisotopic (exact) mass is 334 g/mol. The molecule has 0 aliphatic heterocycles. The maximum atomic E-state index is 13.4. The Morgan fingerprint density at radius 3 is 2.70 bits per heavy atom. The molecule has 2 rings (SSSR count). The lowest BCUT2D eigenvalue weighted by Crippen LogP contribution is -2.24. The van der Waals surface area contributed by atoms with Gasteiger partial charge in [-0.15, -0.1) is 0 Å². The standard InChI is InChI=1S/C18H20ClFN2O/c1-13-15(19)6-4-8-17(13)22-18(23)10-12-21-11-9-14-5-2-3-7-16(14)20/h2-8,21H,9-12H2,1H3,(H,22,23). The summed E-state index contributed by atoms with van der Waals surface area (Å²) in [6.07, 6.45) is 0.949. The second-order valence-electron chi connectivity index (χ2n) is 5.30. The summed E-state index contributed by atoms with van der Waals surface area (Å²) in [6.45, 7) is 3.04. The average molecular weight is 335 g/mol. The van der Waals surface area contributed by atoms with Crippen molar-refractivity contribution in [1.29, 1.82) is 0 Å². The van der Waals surface area contributed by atoms with Crippen molar-refractivity contribution in [2.75, 3.05) is 18.4 Å². The van der Waals surface area contributed by atoms with Gasteiger partial charge in [0.05, 0.1) is 0 Å². The molecule has 0 saturated carbocycles. The molecule has 122 valence electrons. The third kappa shape index (κ3) is 5.34. The van der Waals surface area contributed by atoms with E-state index in [9.17, 15) is 9.18 Å². The van der Waals surface area contributed by atoms with E-state index in [1.54, 1.807) is 24.3 Å². The van der Waals surface area contributed by atoms with E-state index in [0.29, 0.717) is 36.5 Å². The molecule has 0 atom stereocenters. The lowest BCUT2D eigenvalue weighted by molar-refractivity contribution is -0.116. The smallest absolute Gasteiger partial charge is 0.225 e. The molecule has 0 saturated heterocycles. The van der Waals surface area contributed by atoms with Gasteiger partial charge in [0, 0.05) is 23.7 Å². The van der Waals surface area contributed by atoms with Crippen LogP contribution < -0.4 is 10.6 Å². The Hall–Kier alpha value is -1.91. The zero-order chi connectivity index (χ0) is 16.7. The molecule has 2 aromatic carbocycles. The minimum Gasteiger partial charge on any atom is -0.326 e. The Morgan fingerprint density at radius 1 is 1.13 bits per heavy atom. The lowest BCUT2D eigenvalue weighted by Gasteiger charge is -2.10. The first-order valence-electron chi connectivity index (χ1n) is 7.57. The Labute approximate surface area is 140 Å². The van der Waals surface area contributed by atoms with E-state index < -0.39 is 0 Å². The van der Waals surface area contributed by atoms with Gasteiger partial charge in [-0.25, -0.2) is 4.39 Å². The number of benzene rings is 2. The van der Waals surface area contributed by atoms with Crippen molar-refractivity contribution in [3.8, 4) is 0 Å². The van der Waals surface area contributed by atoms with Crippen LogP contribution in [0.3, 0.4) is 0 Å². The van der Waals surface area contributed by atoms with Crippen LogP contribution >= 0.6 is 11.6 Å². The van der Waals surface area contributed by atoms with Gasteiger partial charge in [-0.2, -0.15) is 0 Å². The highest BCUT2D eigenvalue weighted by atomic mass is 35.5. The maximum absolute atomic E-state index is 13.4. The van der Waals surface area contributed by atoms with Crippen LogP contribution in [-0.2, 0) is 11.2 Å². The van der Waals surface area contributed by atoms with Gasteiger partial charge in [-0.1, -0.05) is 35.9 Å². The summed E-state index contributed by atoms with van der Waals surface area (Å²) in [6, 6.07) is 12.1. The quantitative estimate of drug-likeness (QED) is 0.753. The molecule has 0 aromatic heterocycles. The zero-order valence-electron chi connectivity index (χ0n) is 13.0. The third-order valence-electron chi connectivity index (χ3n) is 3.60. The minimum absolute atomic E-state index is 0.0752. The first-order chi connectivity index (χ1) is 11.1. The molecule has 0 fully saturated rings. The van der Waals surface area contributed by atoms with Crippen molar-refractivity contribution in [3.63, 3.8) is 0 Å². The van der Waals surface area contributed by atoms with E-state index in [0.717, 1.165) is 11.3 Å². The zero-order valence-corrected chi connectivity index (χ0v) is 13.8. The van der Waals surface area contributed by atoms with Crippen LogP contribution in [0.25, 0.3) is 0 Å². The third-order valence-corrected chi connectivity index (χ3v) is 4.01. The maximum Gasteiger partial charge on any atom is 0.225 e. The molecular formula is C18H20ClFN2O. The second kappa shape index (κ2) is 8.65. The van der Waals surface area contributed by atoms with Crippen LogP contribution in [0.4, 0.5) is 10.1 Å². The van der Waals surface area contributed by atoms with E-state index >= 15 is 0 Å². The topological polar surface area (TPSA) is 41.1 Å². The van der Waals surface area contributed by atoms with E-state index in [2.05, 4.69) is 10.6 Å². The van der Waals surface area contributed by atoms with Crippen LogP contribution in [0, 0.1) is 12.7 Å². The SMILES string of the molecule is Cc1c(Cl)cccc1NC(=O)CCNCCc1ccccc1F. The molecule has 0 bridgehead atoms. The van der Waals surface area contributed by atoms with E-state index in [-0.39, 0.29) is 11.7 Å². The Bertz CT molecular complexity index is 676. The molecule has 23 heavy (non-hydrogen) atoms. The van der Waals surface area contributed by atoms with Gasteiger partial charge in [-0.3, -0.25) is 4.79 Å². The molecule has 3 nitrogen and oxygen atoms in total. The number of hydrogen-bond acceptors (Lipinski definition) is 2. The molecule has 0 heterocycles. The fourth-order valence-corrected chi connectivity index (χ4v) is 2.38. The van der Waals surface area contributed by atoms with Crippen LogP contribution in [0.1, 0.15) is 17.5 Å². The summed E-state index contributed by atoms with van der Waals surface area (Å²) in [5.74, 6) is -0.266. The number of rotatable bonds is 7. The summed E-state index contributed by atoms with van der Waals surface area (Å²) < 4.78 is 13.4. The van der Waals surface area contributed by atoms with Gasteiger partial charge in [0.15, 0.2) is 0 Å². The van der Waals surface area contributed by atoms with Crippen molar-refractivity contribution >= 4 is 23.2 Å². The van der Waals surface area contributed by atoms with Crippen molar-refractivity contribution in [2.24, 2.45) is 0 Å². The highest BCUT2D eigenvalue weighted by molar-refractivity contribution is 6.31. The molecule has 0 radical (unpaired) electrons. The molecule has 0 unspecified atom stereocenters. The summed E-state index contributed by atoms with van der Waals surface area (Å²) in [7, 11) is 0. The van der Waals surface area contributed by atoms with E-state index in [1.165, 1.54) is 6.07 Å². The Morgan fingerprint density at radius 2 is 1.91 bits per heavy atom. The van der Waals surface area contributed by atoms with Crippen LogP contribution in [-0.4, -0.2) is 19.0 Å². The van der Waals surface area contributed by atoms with Gasteiger partial charge in [0.25, 0.3) is 0 Å². The number of anilines is 1. The molecule has 1 amide bonds. The predicted octanol–water partition coefficient (Wildman–Crippen LogP) is 3.95. The lowest BCUT2D eigenvalue weighted by atomic mass is 10.1. The number of amides is 1. The highest BCUT2D eigenvalue weighted by Gasteiger charge is 2.06. The number of hydrogen-bond donors (Lipinski definition) is 2. The average Bonchev–Trinajstić information content (AvgIpc) is 2.53. The Kier molecular flexibility index (Phi) is 6.56. The van der Waals surface area contributed by atoms with Crippen molar-refractivity contribution in [2.45, 2.75) is 19.8 Å². The first-order valence-corrected chi connectivity index (χ1v) is 7.95. The van der Waals surface area contributed by atoms with Gasteiger partial charge in [0.2, 0.25) is 5.91 Å². The molecule has 0 spiro atoms. The Balaban J connectivity index is 1.69. The normalized spacial score (nSPS) is 10.6. The van der Waals surface area contributed by atoms with Crippen molar-refractivity contribution in [3.05, 3.63) is 64.4 Å². The van der Waals surface area contributed by atoms with Gasteiger partial charge in [0.1, 0.15) is 5.82 Å². The van der Waals surface area contributed by atoms with Crippen molar-refractivity contribution < 1.29 is 9.18 Å². The molecule has 0 aliphatic carbocycles. The largest absolute Gasteiger partial charge is 0.326 e. The highest BCUT2D eigenvalue weighted by Crippen LogP contribution is 2.22. The van der Waals surface area contributed by atoms with Gasteiger partial charge >= 0.3 is 0 Å². The summed E-state index contributed by atoms with van der Waals surface area (Å²) in [5.41, 5.74) is 2.27. The molecule has 5 heteroatoms.